The standard InChI is InChI=1S/C59H40/c1-3-23-51(24-4-1)59(52-25-5-2-6-26-52)57-30-10-9-28-55(57)56-36-35-49(40-58(56)59)47-20-12-18-45(38-47)42-33-31-41(32-34-42)44-17-11-19-46(37-44)48-21-13-22-50(39-48)54-29-14-16-43-15-7-8-27-53(43)54/h1-40H. The number of hydrogen-bond acceptors (Lipinski definition) is 0. The lowest BCUT2D eigenvalue weighted by atomic mass is 9.67. The fourth-order valence-corrected chi connectivity index (χ4v) is 9.58. The van der Waals surface area contributed by atoms with Crippen molar-refractivity contribution in [3.63, 3.8) is 0 Å². The van der Waals surface area contributed by atoms with Gasteiger partial charge in [-0.2, -0.15) is 0 Å². The second-order valence-electron chi connectivity index (χ2n) is 15.6. The average Bonchev–Trinajstić information content (AvgIpc) is 3.62. The maximum absolute atomic E-state index is 2.45. The first-order chi connectivity index (χ1) is 29.2. The van der Waals surface area contributed by atoms with Crippen molar-refractivity contribution < 1.29 is 0 Å². The van der Waals surface area contributed by atoms with E-state index in [1.807, 2.05) is 0 Å². The first kappa shape index (κ1) is 34.7. The highest BCUT2D eigenvalue weighted by Gasteiger charge is 2.46. The summed E-state index contributed by atoms with van der Waals surface area (Å²) in [6.45, 7) is 0. The van der Waals surface area contributed by atoms with Gasteiger partial charge in [-0.3, -0.25) is 0 Å². The Balaban J connectivity index is 0.922. The molecule has 0 amide bonds. The van der Waals surface area contributed by atoms with Crippen LogP contribution < -0.4 is 0 Å². The molecule has 0 aliphatic heterocycles. The van der Waals surface area contributed by atoms with Crippen LogP contribution in [0.5, 0.6) is 0 Å². The lowest BCUT2D eigenvalue weighted by molar-refractivity contribution is 0.769. The molecule has 10 aromatic rings. The Hall–Kier alpha value is -7.54. The summed E-state index contributed by atoms with van der Waals surface area (Å²) in [5.41, 5.74) is 19.5. The van der Waals surface area contributed by atoms with Crippen LogP contribution in [0.1, 0.15) is 22.3 Å². The molecule has 0 spiro atoms. The highest BCUT2D eigenvalue weighted by molar-refractivity contribution is 5.97. The van der Waals surface area contributed by atoms with E-state index in [0.717, 1.165) is 0 Å². The largest absolute Gasteiger partial charge is 0.0713 e. The smallest absolute Gasteiger partial charge is 0.0622 e. The highest BCUT2D eigenvalue weighted by Crippen LogP contribution is 2.56. The van der Waals surface area contributed by atoms with Crippen LogP contribution in [0.25, 0.3) is 77.5 Å². The van der Waals surface area contributed by atoms with Crippen molar-refractivity contribution in [3.8, 4) is 66.8 Å². The molecular formula is C59H40. The van der Waals surface area contributed by atoms with Gasteiger partial charge < -0.3 is 0 Å². The molecule has 0 unspecified atom stereocenters. The molecular weight excluding hydrogens is 709 g/mol. The van der Waals surface area contributed by atoms with Gasteiger partial charge >= 0.3 is 0 Å². The summed E-state index contributed by atoms with van der Waals surface area (Å²) >= 11 is 0. The molecule has 0 nitrogen and oxygen atoms in total. The van der Waals surface area contributed by atoms with Crippen molar-refractivity contribution >= 4 is 10.8 Å². The molecule has 0 heterocycles. The molecule has 0 saturated carbocycles. The third-order valence-corrected chi connectivity index (χ3v) is 12.4. The van der Waals surface area contributed by atoms with Gasteiger partial charge in [0.05, 0.1) is 5.41 Å². The van der Waals surface area contributed by atoms with E-state index in [-0.39, 0.29) is 0 Å². The predicted octanol–water partition coefficient (Wildman–Crippen LogP) is 15.5. The Morgan fingerprint density at radius 3 is 1.25 bits per heavy atom. The van der Waals surface area contributed by atoms with Crippen molar-refractivity contribution in [1.29, 1.82) is 0 Å². The Morgan fingerprint density at radius 1 is 0.220 bits per heavy atom. The fourth-order valence-electron chi connectivity index (χ4n) is 9.58. The third-order valence-electron chi connectivity index (χ3n) is 12.4. The summed E-state index contributed by atoms with van der Waals surface area (Å²) in [7, 11) is 0. The van der Waals surface area contributed by atoms with Gasteiger partial charge in [-0.15, -0.1) is 0 Å². The second-order valence-corrected chi connectivity index (χ2v) is 15.6. The number of benzene rings is 10. The van der Waals surface area contributed by atoms with E-state index in [9.17, 15) is 0 Å². The first-order valence-electron chi connectivity index (χ1n) is 20.5. The SMILES string of the molecule is c1ccc(C2(c3ccccc3)c3ccccc3-c3ccc(-c4cccc(-c5ccc(-c6cccc(-c7cccc(-c8cccc9ccccc89)c7)c6)cc5)c4)cc32)cc1. The van der Waals surface area contributed by atoms with E-state index in [2.05, 4.69) is 243 Å². The lowest BCUT2D eigenvalue weighted by Gasteiger charge is -2.34. The summed E-state index contributed by atoms with van der Waals surface area (Å²) in [5, 5.41) is 2.54. The van der Waals surface area contributed by atoms with Gasteiger partial charge in [0, 0.05) is 0 Å². The van der Waals surface area contributed by atoms with Gasteiger partial charge in [-0.25, -0.2) is 0 Å². The van der Waals surface area contributed by atoms with Gasteiger partial charge in [0.2, 0.25) is 0 Å². The fraction of sp³-hybridized carbons (Fsp3) is 0.0169. The van der Waals surface area contributed by atoms with Gasteiger partial charge in [0.15, 0.2) is 0 Å². The molecule has 0 fully saturated rings. The first-order valence-corrected chi connectivity index (χ1v) is 20.5. The Bertz CT molecular complexity index is 3090. The molecule has 11 rings (SSSR count). The second kappa shape index (κ2) is 14.4. The molecule has 0 atom stereocenters. The minimum atomic E-state index is -0.422. The van der Waals surface area contributed by atoms with Crippen LogP contribution in [-0.2, 0) is 5.41 Å². The van der Waals surface area contributed by atoms with Gasteiger partial charge in [-0.05, 0) is 124 Å². The Labute approximate surface area is 346 Å². The van der Waals surface area contributed by atoms with Crippen LogP contribution >= 0.6 is 0 Å². The van der Waals surface area contributed by atoms with Crippen molar-refractivity contribution in [3.05, 3.63) is 265 Å². The van der Waals surface area contributed by atoms with Crippen LogP contribution in [0.2, 0.25) is 0 Å². The zero-order valence-electron chi connectivity index (χ0n) is 32.6. The van der Waals surface area contributed by atoms with E-state index in [4.69, 9.17) is 0 Å². The minimum absolute atomic E-state index is 0.422. The third kappa shape index (κ3) is 5.92. The molecule has 1 aliphatic carbocycles. The minimum Gasteiger partial charge on any atom is -0.0622 e. The maximum atomic E-state index is 2.45. The van der Waals surface area contributed by atoms with Crippen molar-refractivity contribution in [2.24, 2.45) is 0 Å². The predicted molar refractivity (Wildman–Crippen MR) is 248 cm³/mol. The van der Waals surface area contributed by atoms with Gasteiger partial charge in [0.25, 0.3) is 0 Å². The summed E-state index contributed by atoms with van der Waals surface area (Å²) in [4.78, 5) is 0. The van der Waals surface area contributed by atoms with E-state index in [1.54, 1.807) is 0 Å². The monoisotopic (exact) mass is 748 g/mol. The summed E-state index contributed by atoms with van der Waals surface area (Å²) in [6.07, 6.45) is 0. The number of hydrogen-bond donors (Lipinski definition) is 0. The van der Waals surface area contributed by atoms with E-state index in [1.165, 1.54) is 99.8 Å². The average molecular weight is 749 g/mol. The molecule has 0 heteroatoms. The quantitative estimate of drug-likeness (QED) is 0.152. The zero-order chi connectivity index (χ0) is 39.2. The van der Waals surface area contributed by atoms with E-state index < -0.39 is 5.41 Å². The van der Waals surface area contributed by atoms with E-state index in [0.29, 0.717) is 0 Å². The number of fused-ring (bicyclic) bond motifs is 4. The van der Waals surface area contributed by atoms with Crippen molar-refractivity contribution in [2.75, 3.05) is 0 Å². The van der Waals surface area contributed by atoms with Crippen LogP contribution in [0.3, 0.4) is 0 Å². The molecule has 10 aromatic carbocycles. The topological polar surface area (TPSA) is 0 Å². The molecule has 0 N–H and O–H groups in total. The zero-order valence-corrected chi connectivity index (χ0v) is 32.6. The Morgan fingerprint density at radius 2 is 0.627 bits per heavy atom. The van der Waals surface area contributed by atoms with Crippen LogP contribution in [0.4, 0.5) is 0 Å². The van der Waals surface area contributed by atoms with Crippen molar-refractivity contribution in [1.82, 2.24) is 0 Å². The summed E-state index contributed by atoms with van der Waals surface area (Å²) in [5.74, 6) is 0. The molecule has 0 saturated heterocycles. The molecule has 1 aliphatic rings. The summed E-state index contributed by atoms with van der Waals surface area (Å²) in [6, 6.07) is 89.2. The summed E-state index contributed by atoms with van der Waals surface area (Å²) < 4.78 is 0. The normalized spacial score (nSPS) is 12.5. The van der Waals surface area contributed by atoms with Gasteiger partial charge in [0.1, 0.15) is 0 Å². The Kier molecular flexibility index (Phi) is 8.49. The van der Waals surface area contributed by atoms with Crippen LogP contribution in [-0.4, -0.2) is 0 Å². The molecule has 59 heavy (non-hydrogen) atoms. The maximum Gasteiger partial charge on any atom is 0.0713 e. The highest BCUT2D eigenvalue weighted by atomic mass is 14.5. The van der Waals surface area contributed by atoms with E-state index >= 15 is 0 Å². The molecule has 276 valence electrons. The van der Waals surface area contributed by atoms with Crippen LogP contribution in [0, 0.1) is 0 Å². The molecule has 0 radical (unpaired) electrons. The number of rotatable bonds is 7. The molecule has 0 bridgehead atoms. The lowest BCUT2D eigenvalue weighted by Crippen LogP contribution is -2.28. The molecule has 0 aromatic heterocycles. The van der Waals surface area contributed by atoms with Gasteiger partial charge in [-0.1, -0.05) is 218 Å². The van der Waals surface area contributed by atoms with Crippen molar-refractivity contribution in [2.45, 2.75) is 5.41 Å². The van der Waals surface area contributed by atoms with Crippen LogP contribution in [0.15, 0.2) is 243 Å².